The molecule has 28 heavy (non-hydrogen) atoms. The van der Waals surface area contributed by atoms with Crippen LogP contribution in [0, 0.1) is 0 Å². The number of hydrogen-bond donors (Lipinski definition) is 0. The number of carbonyl (C=O) groups is 1. The molecule has 1 aromatic heterocycles. The first-order valence-corrected chi connectivity index (χ1v) is 11.4. The Bertz CT molecular complexity index is 453. The number of esters is 1. The summed E-state index contributed by atoms with van der Waals surface area (Å²) >= 11 is 0. The fourth-order valence-corrected chi connectivity index (χ4v) is 3.38. The molecule has 162 valence electrons. The van der Waals surface area contributed by atoms with E-state index in [4.69, 9.17) is 4.74 Å². The number of ether oxygens (including phenoxy) is 1. The molecular weight excluding hydrogens is 370 g/mol. The minimum atomic E-state index is -0.0824. The van der Waals surface area contributed by atoms with Gasteiger partial charge in [-0.05, 0) is 6.42 Å². The lowest BCUT2D eigenvalue weighted by atomic mass is 10.0. The molecule has 0 aliphatic rings. The monoisotopic (exact) mass is 411 g/mol. The van der Waals surface area contributed by atoms with Crippen molar-refractivity contribution in [2.24, 2.45) is 0 Å². The van der Waals surface area contributed by atoms with Gasteiger partial charge in [0.2, 0.25) is 0 Å². The Morgan fingerprint density at radius 2 is 1.11 bits per heavy atom. The summed E-state index contributed by atoms with van der Waals surface area (Å²) in [5.41, 5.74) is 0. The standard InChI is InChI=1S/C24H42NO2.ClH/c1-2-3-4-5-6-7-8-9-10-11-12-13-14-15-17-20-24(26)27-23-25-21-18-16-19-22-25;/h16,18-19,21-22H,2-15,17,20,23H2,1H3;1H/q+1;/p-1. The van der Waals surface area contributed by atoms with Gasteiger partial charge >= 0.3 is 5.97 Å². The lowest BCUT2D eigenvalue weighted by molar-refractivity contribution is -0.727. The largest absolute Gasteiger partial charge is 1.00 e. The van der Waals surface area contributed by atoms with Gasteiger partial charge in [0.05, 0.1) is 0 Å². The Balaban J connectivity index is 0.00000729. The zero-order valence-electron chi connectivity index (χ0n) is 18.0. The lowest BCUT2D eigenvalue weighted by Crippen LogP contribution is -3.00. The van der Waals surface area contributed by atoms with E-state index in [-0.39, 0.29) is 18.4 Å². The van der Waals surface area contributed by atoms with E-state index >= 15 is 0 Å². The predicted molar refractivity (Wildman–Crippen MR) is 112 cm³/mol. The third-order valence-electron chi connectivity index (χ3n) is 5.14. The molecule has 0 atom stereocenters. The van der Waals surface area contributed by atoms with Crippen molar-refractivity contribution in [1.29, 1.82) is 0 Å². The SMILES string of the molecule is CCCCCCCCCCCCCCCCCC(=O)OC[n+]1ccccc1.[Cl-]. The summed E-state index contributed by atoms with van der Waals surface area (Å²) in [7, 11) is 0. The lowest BCUT2D eigenvalue weighted by Gasteiger charge is -2.04. The Kier molecular flexibility index (Phi) is 19.8. The molecule has 1 rings (SSSR count). The maximum absolute atomic E-state index is 11.7. The summed E-state index contributed by atoms with van der Waals surface area (Å²) in [6.45, 7) is 2.60. The van der Waals surface area contributed by atoms with Gasteiger partial charge in [0.1, 0.15) is 0 Å². The van der Waals surface area contributed by atoms with Crippen molar-refractivity contribution < 1.29 is 26.5 Å². The minimum Gasteiger partial charge on any atom is -1.00 e. The maximum Gasteiger partial charge on any atom is 0.310 e. The third kappa shape index (κ3) is 17.0. The van der Waals surface area contributed by atoms with Crippen molar-refractivity contribution in [3.05, 3.63) is 30.6 Å². The summed E-state index contributed by atoms with van der Waals surface area (Å²) in [6, 6.07) is 5.82. The molecule has 0 amide bonds. The van der Waals surface area contributed by atoms with Gasteiger partial charge in [-0.1, -0.05) is 103 Å². The van der Waals surface area contributed by atoms with Crippen LogP contribution in [0.25, 0.3) is 0 Å². The number of hydrogen-bond acceptors (Lipinski definition) is 2. The second-order valence-electron chi connectivity index (χ2n) is 7.73. The first-order chi connectivity index (χ1) is 13.3. The molecule has 4 heteroatoms. The summed E-state index contributed by atoms with van der Waals surface area (Å²) in [5.74, 6) is -0.0824. The van der Waals surface area contributed by atoms with E-state index in [0.717, 1.165) is 12.8 Å². The Morgan fingerprint density at radius 1 is 0.679 bits per heavy atom. The second-order valence-corrected chi connectivity index (χ2v) is 7.73. The molecule has 0 fully saturated rings. The molecule has 0 aliphatic carbocycles. The molecule has 0 saturated carbocycles. The highest BCUT2D eigenvalue weighted by Gasteiger charge is 2.05. The zero-order chi connectivity index (χ0) is 19.4. The molecule has 0 aromatic carbocycles. The predicted octanol–water partition coefficient (Wildman–Crippen LogP) is 3.74. The molecule has 0 unspecified atom stereocenters. The van der Waals surface area contributed by atoms with Crippen LogP contribution in [-0.4, -0.2) is 5.97 Å². The van der Waals surface area contributed by atoms with E-state index in [0.29, 0.717) is 13.2 Å². The number of halogens is 1. The van der Waals surface area contributed by atoms with Crippen molar-refractivity contribution in [3.63, 3.8) is 0 Å². The van der Waals surface area contributed by atoms with Crippen LogP contribution in [0.5, 0.6) is 0 Å². The van der Waals surface area contributed by atoms with Crippen LogP contribution in [-0.2, 0) is 16.3 Å². The van der Waals surface area contributed by atoms with E-state index in [1.807, 2.05) is 35.2 Å². The van der Waals surface area contributed by atoms with E-state index in [2.05, 4.69) is 6.92 Å². The number of unbranched alkanes of at least 4 members (excludes halogenated alkanes) is 14. The fraction of sp³-hybridized carbons (Fsp3) is 0.750. The molecular formula is C24H42ClNO2. The number of nitrogens with zero attached hydrogens (tertiary/aromatic N) is 1. The quantitative estimate of drug-likeness (QED) is 0.209. The highest BCUT2D eigenvalue weighted by molar-refractivity contribution is 5.68. The van der Waals surface area contributed by atoms with Gasteiger partial charge in [0, 0.05) is 18.6 Å². The van der Waals surface area contributed by atoms with Crippen LogP contribution < -0.4 is 17.0 Å². The van der Waals surface area contributed by atoms with Crippen molar-refractivity contribution in [2.45, 2.75) is 116 Å². The minimum absolute atomic E-state index is 0. The Labute approximate surface area is 179 Å². The molecule has 0 N–H and O–H groups in total. The van der Waals surface area contributed by atoms with Crippen LogP contribution >= 0.6 is 0 Å². The van der Waals surface area contributed by atoms with Crippen molar-refractivity contribution >= 4 is 5.97 Å². The second kappa shape index (κ2) is 20.6. The molecule has 0 bridgehead atoms. The third-order valence-corrected chi connectivity index (χ3v) is 5.14. The van der Waals surface area contributed by atoms with Gasteiger partial charge < -0.3 is 17.1 Å². The van der Waals surface area contributed by atoms with E-state index in [1.165, 1.54) is 83.5 Å². The molecule has 1 heterocycles. The first-order valence-electron chi connectivity index (χ1n) is 11.4. The molecule has 0 saturated heterocycles. The highest BCUT2D eigenvalue weighted by Crippen LogP contribution is 2.13. The number of rotatable bonds is 18. The van der Waals surface area contributed by atoms with Gasteiger partial charge in [0.25, 0.3) is 6.73 Å². The van der Waals surface area contributed by atoms with Gasteiger partial charge in [-0.2, -0.15) is 4.57 Å². The molecule has 0 spiro atoms. The summed E-state index contributed by atoms with van der Waals surface area (Å²) in [5, 5.41) is 0. The van der Waals surface area contributed by atoms with Crippen LogP contribution in [0.4, 0.5) is 0 Å². The van der Waals surface area contributed by atoms with Crippen LogP contribution in [0.1, 0.15) is 110 Å². The Hall–Kier alpha value is -1.09. The van der Waals surface area contributed by atoms with Crippen molar-refractivity contribution in [3.8, 4) is 0 Å². The average molecular weight is 412 g/mol. The first kappa shape index (κ1) is 26.9. The van der Waals surface area contributed by atoms with Crippen LogP contribution in [0.2, 0.25) is 0 Å². The van der Waals surface area contributed by atoms with Gasteiger partial charge in [-0.15, -0.1) is 0 Å². The zero-order valence-corrected chi connectivity index (χ0v) is 18.8. The van der Waals surface area contributed by atoms with Gasteiger partial charge in [-0.3, -0.25) is 4.79 Å². The molecule has 0 radical (unpaired) electrons. The summed E-state index contributed by atoms with van der Waals surface area (Å²) in [6.07, 6.45) is 24.5. The van der Waals surface area contributed by atoms with Crippen molar-refractivity contribution in [1.82, 2.24) is 0 Å². The van der Waals surface area contributed by atoms with Gasteiger partial charge in [0.15, 0.2) is 12.4 Å². The molecule has 1 aromatic rings. The van der Waals surface area contributed by atoms with Crippen LogP contribution in [0.15, 0.2) is 30.6 Å². The fourth-order valence-electron chi connectivity index (χ4n) is 3.38. The Morgan fingerprint density at radius 3 is 1.57 bits per heavy atom. The number of carbonyl (C=O) groups excluding carboxylic acids is 1. The normalized spacial score (nSPS) is 10.5. The summed E-state index contributed by atoms with van der Waals surface area (Å²) < 4.78 is 7.14. The number of aromatic nitrogens is 1. The van der Waals surface area contributed by atoms with E-state index in [1.54, 1.807) is 0 Å². The summed E-state index contributed by atoms with van der Waals surface area (Å²) in [4.78, 5) is 11.7. The van der Waals surface area contributed by atoms with E-state index < -0.39 is 0 Å². The maximum atomic E-state index is 11.7. The molecule has 0 aliphatic heterocycles. The molecule has 3 nitrogen and oxygen atoms in total. The smallest absolute Gasteiger partial charge is 0.310 e. The topological polar surface area (TPSA) is 30.2 Å². The van der Waals surface area contributed by atoms with E-state index in [9.17, 15) is 4.79 Å². The highest BCUT2D eigenvalue weighted by atomic mass is 35.5. The average Bonchev–Trinajstić information content (AvgIpc) is 2.70. The van der Waals surface area contributed by atoms with Crippen LogP contribution in [0.3, 0.4) is 0 Å². The van der Waals surface area contributed by atoms with Crippen molar-refractivity contribution in [2.75, 3.05) is 0 Å². The van der Waals surface area contributed by atoms with Gasteiger partial charge in [-0.25, -0.2) is 0 Å². The number of pyridine rings is 1.